The van der Waals surface area contributed by atoms with Crippen LogP contribution in [0.25, 0.3) is 10.9 Å². The standard InChI is InChI=1S/C18H18N2O.ClH/c21-13-7-5-12(6-8-13)11-17-18-15(9-10-19-17)14-3-1-2-4-16(14)20-18;/h1-8,17,19-21H,9-11H2;1H. The van der Waals surface area contributed by atoms with Crippen LogP contribution in [0.3, 0.4) is 0 Å². The number of rotatable bonds is 2. The van der Waals surface area contributed by atoms with E-state index in [0.717, 1.165) is 19.4 Å². The number of aromatic hydroxyl groups is 1. The van der Waals surface area contributed by atoms with Crippen LogP contribution < -0.4 is 5.32 Å². The number of phenolic OH excluding ortho intramolecular Hbond substituents is 1. The number of aromatic amines is 1. The maximum atomic E-state index is 9.39. The summed E-state index contributed by atoms with van der Waals surface area (Å²) in [6.45, 7) is 1.01. The van der Waals surface area contributed by atoms with Crippen molar-refractivity contribution in [2.45, 2.75) is 18.9 Å². The Balaban J connectivity index is 0.00000144. The van der Waals surface area contributed by atoms with Crippen molar-refractivity contribution >= 4 is 23.3 Å². The highest BCUT2D eigenvalue weighted by Gasteiger charge is 2.23. The molecule has 0 saturated heterocycles. The van der Waals surface area contributed by atoms with Gasteiger partial charge in [-0.2, -0.15) is 0 Å². The second-order valence-corrected chi connectivity index (χ2v) is 5.69. The second kappa shape index (κ2) is 6.03. The molecule has 3 aromatic rings. The Morgan fingerprint density at radius 1 is 1.05 bits per heavy atom. The first-order valence-corrected chi connectivity index (χ1v) is 7.42. The van der Waals surface area contributed by atoms with Gasteiger partial charge in [0.05, 0.1) is 6.04 Å². The average molecular weight is 315 g/mol. The second-order valence-electron chi connectivity index (χ2n) is 5.69. The predicted molar refractivity (Wildman–Crippen MR) is 91.8 cm³/mol. The molecule has 2 aromatic carbocycles. The maximum absolute atomic E-state index is 9.39. The Hall–Kier alpha value is -1.97. The summed E-state index contributed by atoms with van der Waals surface area (Å²) >= 11 is 0. The lowest BCUT2D eigenvalue weighted by Crippen LogP contribution is -2.31. The molecule has 0 aliphatic carbocycles. The zero-order valence-electron chi connectivity index (χ0n) is 12.2. The summed E-state index contributed by atoms with van der Waals surface area (Å²) < 4.78 is 0. The first-order chi connectivity index (χ1) is 10.3. The summed E-state index contributed by atoms with van der Waals surface area (Å²) in [5.41, 5.74) is 5.22. The zero-order valence-corrected chi connectivity index (χ0v) is 13.0. The number of nitrogens with one attached hydrogen (secondary N) is 2. The molecule has 114 valence electrons. The fraction of sp³-hybridized carbons (Fsp3) is 0.222. The van der Waals surface area contributed by atoms with Crippen LogP contribution in [-0.4, -0.2) is 16.6 Å². The minimum atomic E-state index is 0. The molecule has 1 atom stereocenters. The van der Waals surface area contributed by atoms with E-state index in [2.05, 4.69) is 34.6 Å². The van der Waals surface area contributed by atoms with Crippen LogP contribution in [0.5, 0.6) is 5.75 Å². The van der Waals surface area contributed by atoms with E-state index in [-0.39, 0.29) is 12.4 Å². The van der Waals surface area contributed by atoms with Crippen LogP contribution in [0.4, 0.5) is 0 Å². The molecule has 0 bridgehead atoms. The molecule has 0 radical (unpaired) electrons. The molecule has 1 unspecified atom stereocenters. The van der Waals surface area contributed by atoms with Gasteiger partial charge in [0.1, 0.15) is 5.75 Å². The quantitative estimate of drug-likeness (QED) is 0.675. The molecule has 0 saturated carbocycles. The highest BCUT2D eigenvalue weighted by Crippen LogP contribution is 2.31. The van der Waals surface area contributed by atoms with Crippen LogP contribution in [-0.2, 0) is 12.8 Å². The SMILES string of the molecule is Cl.Oc1ccc(CC2NCCc3c2[nH]c2ccccc32)cc1. The van der Waals surface area contributed by atoms with Crippen molar-refractivity contribution in [2.75, 3.05) is 6.54 Å². The van der Waals surface area contributed by atoms with Gasteiger partial charge in [-0.15, -0.1) is 12.4 Å². The van der Waals surface area contributed by atoms with Gasteiger partial charge in [0.25, 0.3) is 0 Å². The summed E-state index contributed by atoms with van der Waals surface area (Å²) in [6, 6.07) is 16.3. The number of phenols is 1. The van der Waals surface area contributed by atoms with E-state index in [1.165, 1.54) is 27.7 Å². The fourth-order valence-corrected chi connectivity index (χ4v) is 3.30. The van der Waals surface area contributed by atoms with Crippen molar-refractivity contribution in [2.24, 2.45) is 0 Å². The van der Waals surface area contributed by atoms with Gasteiger partial charge >= 0.3 is 0 Å². The van der Waals surface area contributed by atoms with Gasteiger partial charge in [-0.3, -0.25) is 0 Å². The number of hydrogen-bond donors (Lipinski definition) is 3. The lowest BCUT2D eigenvalue weighted by atomic mass is 9.95. The van der Waals surface area contributed by atoms with Crippen LogP contribution in [0.1, 0.15) is 22.9 Å². The van der Waals surface area contributed by atoms with E-state index in [1.807, 2.05) is 12.1 Å². The average Bonchev–Trinajstić information content (AvgIpc) is 2.89. The molecule has 22 heavy (non-hydrogen) atoms. The Morgan fingerprint density at radius 2 is 1.82 bits per heavy atom. The first kappa shape index (κ1) is 14.9. The number of aromatic nitrogens is 1. The third kappa shape index (κ3) is 2.58. The molecule has 1 aromatic heterocycles. The van der Waals surface area contributed by atoms with Crippen molar-refractivity contribution < 1.29 is 5.11 Å². The van der Waals surface area contributed by atoms with Crippen LogP contribution in [0.15, 0.2) is 48.5 Å². The number of fused-ring (bicyclic) bond motifs is 3. The molecule has 3 N–H and O–H groups in total. The fourth-order valence-electron chi connectivity index (χ4n) is 3.30. The maximum Gasteiger partial charge on any atom is 0.115 e. The number of H-pyrrole nitrogens is 1. The molecule has 0 amide bonds. The molecule has 3 nitrogen and oxygen atoms in total. The molecule has 1 aliphatic heterocycles. The number of para-hydroxylation sites is 1. The smallest absolute Gasteiger partial charge is 0.115 e. The lowest BCUT2D eigenvalue weighted by molar-refractivity contribution is 0.473. The summed E-state index contributed by atoms with van der Waals surface area (Å²) in [5, 5.41) is 14.4. The normalized spacial score (nSPS) is 17.0. The molecule has 0 fully saturated rings. The minimum absolute atomic E-state index is 0. The van der Waals surface area contributed by atoms with Crippen molar-refractivity contribution in [1.29, 1.82) is 0 Å². The summed E-state index contributed by atoms with van der Waals surface area (Å²) in [6.07, 6.45) is 2.01. The van der Waals surface area contributed by atoms with Gasteiger partial charge in [-0.1, -0.05) is 30.3 Å². The van der Waals surface area contributed by atoms with Gasteiger partial charge in [0.2, 0.25) is 0 Å². The van der Waals surface area contributed by atoms with Gasteiger partial charge in [0, 0.05) is 16.6 Å². The van der Waals surface area contributed by atoms with E-state index in [1.54, 1.807) is 12.1 Å². The monoisotopic (exact) mass is 314 g/mol. The summed E-state index contributed by atoms with van der Waals surface area (Å²) in [5.74, 6) is 0.321. The minimum Gasteiger partial charge on any atom is -0.508 e. The highest BCUT2D eigenvalue weighted by molar-refractivity contribution is 5.85. The van der Waals surface area contributed by atoms with Gasteiger partial charge in [-0.05, 0) is 48.7 Å². The molecule has 2 heterocycles. The van der Waals surface area contributed by atoms with Crippen molar-refractivity contribution in [1.82, 2.24) is 10.3 Å². The Kier molecular flexibility index (Phi) is 4.10. The number of benzene rings is 2. The molecule has 4 rings (SSSR count). The van der Waals surface area contributed by atoms with E-state index in [4.69, 9.17) is 0 Å². The van der Waals surface area contributed by atoms with E-state index < -0.39 is 0 Å². The Morgan fingerprint density at radius 3 is 2.64 bits per heavy atom. The van der Waals surface area contributed by atoms with Crippen LogP contribution in [0, 0.1) is 0 Å². The topological polar surface area (TPSA) is 48.0 Å². The third-order valence-electron chi connectivity index (χ3n) is 4.34. The first-order valence-electron chi connectivity index (χ1n) is 7.42. The lowest BCUT2D eigenvalue weighted by Gasteiger charge is -2.24. The molecule has 1 aliphatic rings. The predicted octanol–water partition coefficient (Wildman–Crippen LogP) is 3.72. The molecule has 4 heteroatoms. The van der Waals surface area contributed by atoms with Gasteiger partial charge in [0.15, 0.2) is 0 Å². The number of hydrogen-bond acceptors (Lipinski definition) is 2. The van der Waals surface area contributed by atoms with E-state index in [0.29, 0.717) is 11.8 Å². The number of halogens is 1. The van der Waals surface area contributed by atoms with Crippen molar-refractivity contribution in [3.05, 3.63) is 65.4 Å². The van der Waals surface area contributed by atoms with Gasteiger partial charge in [-0.25, -0.2) is 0 Å². The van der Waals surface area contributed by atoms with Crippen LogP contribution >= 0.6 is 12.4 Å². The molecule has 0 spiro atoms. The Labute approximate surface area is 135 Å². The van der Waals surface area contributed by atoms with Crippen molar-refractivity contribution in [3.8, 4) is 5.75 Å². The Bertz CT molecular complexity index is 779. The van der Waals surface area contributed by atoms with Crippen LogP contribution in [0.2, 0.25) is 0 Å². The van der Waals surface area contributed by atoms with Crippen molar-refractivity contribution in [3.63, 3.8) is 0 Å². The van der Waals surface area contributed by atoms with Gasteiger partial charge < -0.3 is 15.4 Å². The zero-order chi connectivity index (χ0) is 14.2. The summed E-state index contributed by atoms with van der Waals surface area (Å²) in [7, 11) is 0. The largest absolute Gasteiger partial charge is 0.508 e. The summed E-state index contributed by atoms with van der Waals surface area (Å²) in [4.78, 5) is 3.59. The van der Waals surface area contributed by atoms with E-state index in [9.17, 15) is 5.11 Å². The third-order valence-corrected chi connectivity index (χ3v) is 4.34. The molecular formula is C18H19ClN2O. The van der Waals surface area contributed by atoms with E-state index >= 15 is 0 Å². The highest BCUT2D eigenvalue weighted by atomic mass is 35.5. The molecular weight excluding hydrogens is 296 g/mol.